The van der Waals surface area contributed by atoms with Gasteiger partial charge in [0.1, 0.15) is 5.82 Å². The Kier molecular flexibility index (Phi) is 4.44. The number of sulfonamides is 1. The van der Waals surface area contributed by atoms with E-state index in [9.17, 15) is 8.42 Å². The second-order valence-electron chi connectivity index (χ2n) is 6.31. The standard InChI is InChI=1S/C16H23N3O3S/c1-19(11-15-17-13-7-3-4-8-14(13)18-15)23(20,21)12-16(22-2)9-5-6-10-16/h3-4,7-8H,5-6,9-12H2,1-2H3,(H,17,18). The van der Waals surface area contributed by atoms with Crippen LogP contribution in [0.25, 0.3) is 11.0 Å². The quantitative estimate of drug-likeness (QED) is 0.877. The summed E-state index contributed by atoms with van der Waals surface area (Å²) in [5.74, 6) is 0.683. The average Bonchev–Trinajstić information content (AvgIpc) is 3.13. The van der Waals surface area contributed by atoms with E-state index in [1.165, 1.54) is 4.31 Å². The van der Waals surface area contributed by atoms with Gasteiger partial charge < -0.3 is 9.72 Å². The largest absolute Gasteiger partial charge is 0.377 e. The summed E-state index contributed by atoms with van der Waals surface area (Å²) in [4.78, 5) is 7.61. The van der Waals surface area contributed by atoms with Crippen LogP contribution >= 0.6 is 0 Å². The molecule has 1 aliphatic rings. The van der Waals surface area contributed by atoms with Crippen LogP contribution in [-0.2, 0) is 21.3 Å². The number of fused-ring (bicyclic) bond motifs is 1. The van der Waals surface area contributed by atoms with E-state index in [1.54, 1.807) is 14.2 Å². The molecule has 0 atom stereocenters. The number of nitrogens with zero attached hydrogens (tertiary/aromatic N) is 2. The molecule has 1 aromatic carbocycles. The summed E-state index contributed by atoms with van der Waals surface area (Å²) in [6.45, 7) is 0.233. The van der Waals surface area contributed by atoms with Crippen LogP contribution in [0.3, 0.4) is 0 Å². The third-order valence-electron chi connectivity index (χ3n) is 4.68. The van der Waals surface area contributed by atoms with Gasteiger partial charge in [-0.25, -0.2) is 13.4 Å². The SMILES string of the molecule is COC1(CS(=O)(=O)N(C)Cc2nc3ccccc3[nH]2)CCCC1. The van der Waals surface area contributed by atoms with Gasteiger partial charge in [0.25, 0.3) is 0 Å². The van der Waals surface area contributed by atoms with E-state index in [0.29, 0.717) is 5.82 Å². The molecule has 0 unspecified atom stereocenters. The van der Waals surface area contributed by atoms with Crippen LogP contribution < -0.4 is 0 Å². The fraction of sp³-hybridized carbons (Fsp3) is 0.562. The number of para-hydroxylation sites is 2. The van der Waals surface area contributed by atoms with Crippen molar-refractivity contribution in [2.24, 2.45) is 0 Å². The van der Waals surface area contributed by atoms with Crippen molar-refractivity contribution >= 4 is 21.1 Å². The summed E-state index contributed by atoms with van der Waals surface area (Å²) in [5.41, 5.74) is 1.23. The molecule has 0 saturated heterocycles. The van der Waals surface area contributed by atoms with Crippen LogP contribution in [0.2, 0.25) is 0 Å². The molecule has 0 spiro atoms. The first-order valence-corrected chi connectivity index (χ1v) is 9.48. The number of rotatable bonds is 6. The van der Waals surface area contributed by atoms with Gasteiger partial charge in [0.2, 0.25) is 10.0 Å². The van der Waals surface area contributed by atoms with Gasteiger partial charge in [-0.2, -0.15) is 4.31 Å². The van der Waals surface area contributed by atoms with Crippen molar-refractivity contribution in [2.45, 2.75) is 37.8 Å². The highest BCUT2D eigenvalue weighted by Gasteiger charge is 2.39. The summed E-state index contributed by atoms with van der Waals surface area (Å²) in [6, 6.07) is 7.67. The fourth-order valence-electron chi connectivity index (χ4n) is 3.26. The normalized spacial score (nSPS) is 18.0. The summed E-state index contributed by atoms with van der Waals surface area (Å²) in [5, 5.41) is 0. The summed E-state index contributed by atoms with van der Waals surface area (Å²) in [7, 11) is -0.192. The molecule has 1 heterocycles. The third-order valence-corrected chi connectivity index (χ3v) is 6.65. The highest BCUT2D eigenvalue weighted by Crippen LogP contribution is 2.34. The number of imidazole rings is 1. The summed E-state index contributed by atoms with van der Waals surface area (Å²) >= 11 is 0. The summed E-state index contributed by atoms with van der Waals surface area (Å²) in [6.07, 6.45) is 3.66. The lowest BCUT2D eigenvalue weighted by Gasteiger charge is -2.29. The monoisotopic (exact) mass is 337 g/mol. The lowest BCUT2D eigenvalue weighted by molar-refractivity contribution is 0.0148. The van der Waals surface area contributed by atoms with Crippen molar-refractivity contribution in [2.75, 3.05) is 19.9 Å². The second-order valence-corrected chi connectivity index (χ2v) is 8.38. The van der Waals surface area contributed by atoms with Gasteiger partial charge in [-0.15, -0.1) is 0 Å². The van der Waals surface area contributed by atoms with E-state index in [1.807, 2.05) is 24.3 Å². The van der Waals surface area contributed by atoms with Crippen molar-refractivity contribution in [3.63, 3.8) is 0 Å². The molecule has 1 saturated carbocycles. The average molecular weight is 337 g/mol. The van der Waals surface area contributed by atoms with Crippen LogP contribution in [0, 0.1) is 0 Å². The molecule has 7 heteroatoms. The number of methoxy groups -OCH3 is 1. The molecule has 1 aromatic heterocycles. The van der Waals surface area contributed by atoms with Gasteiger partial charge in [0.15, 0.2) is 0 Å². The Balaban J connectivity index is 1.74. The molecule has 1 fully saturated rings. The van der Waals surface area contributed by atoms with Crippen LogP contribution in [0.15, 0.2) is 24.3 Å². The van der Waals surface area contributed by atoms with E-state index >= 15 is 0 Å². The summed E-state index contributed by atoms with van der Waals surface area (Å²) < 4.78 is 32.3. The van der Waals surface area contributed by atoms with Crippen LogP contribution in [0.1, 0.15) is 31.5 Å². The Morgan fingerprint density at radius 2 is 2.00 bits per heavy atom. The van der Waals surface area contributed by atoms with Gasteiger partial charge in [0.05, 0.1) is 28.9 Å². The molecule has 6 nitrogen and oxygen atoms in total. The molecule has 0 aliphatic heterocycles. The fourth-order valence-corrected chi connectivity index (χ4v) is 4.87. The Bertz CT molecular complexity index is 746. The molecular weight excluding hydrogens is 314 g/mol. The zero-order valence-electron chi connectivity index (χ0n) is 13.6. The van der Waals surface area contributed by atoms with Gasteiger partial charge in [0, 0.05) is 14.2 Å². The highest BCUT2D eigenvalue weighted by atomic mass is 32.2. The Morgan fingerprint density at radius 3 is 2.65 bits per heavy atom. The maximum Gasteiger partial charge on any atom is 0.217 e. The van der Waals surface area contributed by atoms with Gasteiger partial charge in [-0.3, -0.25) is 0 Å². The molecule has 0 bridgehead atoms. The molecular formula is C16H23N3O3S. The highest BCUT2D eigenvalue weighted by molar-refractivity contribution is 7.89. The van der Waals surface area contributed by atoms with E-state index < -0.39 is 15.6 Å². The predicted molar refractivity (Wildman–Crippen MR) is 89.6 cm³/mol. The van der Waals surface area contributed by atoms with Crippen molar-refractivity contribution in [3.05, 3.63) is 30.1 Å². The van der Waals surface area contributed by atoms with Gasteiger partial charge >= 0.3 is 0 Å². The smallest absolute Gasteiger partial charge is 0.217 e. The topological polar surface area (TPSA) is 75.3 Å². The Hall–Kier alpha value is -1.44. The molecule has 0 radical (unpaired) electrons. The number of ether oxygens (including phenoxy) is 1. The first kappa shape index (κ1) is 16.4. The molecule has 2 aromatic rings. The maximum atomic E-state index is 12.7. The zero-order chi connectivity index (χ0) is 16.5. The van der Waals surface area contributed by atoms with Gasteiger partial charge in [-0.05, 0) is 25.0 Å². The van der Waals surface area contributed by atoms with Gasteiger partial charge in [-0.1, -0.05) is 25.0 Å². The zero-order valence-corrected chi connectivity index (χ0v) is 14.4. The van der Waals surface area contributed by atoms with Crippen LogP contribution in [0.5, 0.6) is 0 Å². The van der Waals surface area contributed by atoms with Crippen LogP contribution in [0.4, 0.5) is 0 Å². The minimum atomic E-state index is -3.40. The number of hydrogen-bond acceptors (Lipinski definition) is 4. The molecule has 23 heavy (non-hydrogen) atoms. The molecule has 1 aliphatic carbocycles. The van der Waals surface area contributed by atoms with Crippen molar-refractivity contribution in [1.82, 2.24) is 14.3 Å². The number of nitrogens with one attached hydrogen (secondary N) is 1. The molecule has 1 N–H and O–H groups in total. The Morgan fingerprint density at radius 1 is 1.30 bits per heavy atom. The number of aromatic nitrogens is 2. The van der Waals surface area contributed by atoms with E-state index in [0.717, 1.165) is 36.7 Å². The van der Waals surface area contributed by atoms with Crippen molar-refractivity contribution in [3.8, 4) is 0 Å². The number of hydrogen-bond donors (Lipinski definition) is 1. The first-order chi connectivity index (χ1) is 10.9. The van der Waals surface area contributed by atoms with E-state index in [-0.39, 0.29) is 12.3 Å². The minimum absolute atomic E-state index is 0.0349. The van der Waals surface area contributed by atoms with E-state index in [2.05, 4.69) is 9.97 Å². The minimum Gasteiger partial charge on any atom is -0.377 e. The lowest BCUT2D eigenvalue weighted by Crippen LogP contribution is -2.42. The molecule has 3 rings (SSSR count). The van der Waals surface area contributed by atoms with E-state index in [4.69, 9.17) is 4.74 Å². The first-order valence-electron chi connectivity index (χ1n) is 7.87. The number of aromatic amines is 1. The third kappa shape index (κ3) is 3.41. The molecule has 126 valence electrons. The maximum absolute atomic E-state index is 12.7. The lowest BCUT2D eigenvalue weighted by atomic mass is 10.1. The van der Waals surface area contributed by atoms with Crippen LogP contribution in [-0.4, -0.2) is 48.2 Å². The second kappa shape index (κ2) is 6.22. The predicted octanol–water partition coefficient (Wildman–Crippen LogP) is 2.28. The van der Waals surface area contributed by atoms with Crippen molar-refractivity contribution < 1.29 is 13.2 Å². The Labute approximate surface area is 136 Å². The van der Waals surface area contributed by atoms with Crippen molar-refractivity contribution in [1.29, 1.82) is 0 Å². The number of H-pyrrole nitrogens is 1. The molecule has 0 amide bonds. The number of benzene rings is 1.